The van der Waals surface area contributed by atoms with Crippen LogP contribution in [0, 0.1) is 6.92 Å². The summed E-state index contributed by atoms with van der Waals surface area (Å²) in [5.41, 5.74) is 2.49. The Morgan fingerprint density at radius 2 is 1.20 bits per heavy atom. The lowest BCUT2D eigenvalue weighted by atomic mass is 10.1. The molecule has 3 rings (SSSR count). The Kier molecular flexibility index (Phi) is 5.21. The standard InChI is InChI=1S/C21H17BrO2S/c1-16-12-14-19(15-13-16)25(23,24)21(18-10-6-3-7-11-18)20(22)17-8-4-2-5-9-17/h2-15H,1H3/b21-20-. The van der Waals surface area contributed by atoms with Gasteiger partial charge in [-0.2, -0.15) is 0 Å². The molecule has 0 fully saturated rings. The number of aryl methyl sites for hydroxylation is 1. The molecule has 0 heterocycles. The average molecular weight is 413 g/mol. The second-order valence-electron chi connectivity index (χ2n) is 5.69. The largest absolute Gasteiger partial charge is 0.218 e. The van der Waals surface area contributed by atoms with E-state index in [0.29, 0.717) is 10.0 Å². The van der Waals surface area contributed by atoms with Gasteiger partial charge in [0.25, 0.3) is 0 Å². The van der Waals surface area contributed by atoms with Crippen molar-refractivity contribution in [1.29, 1.82) is 0 Å². The maximum atomic E-state index is 13.4. The minimum absolute atomic E-state index is 0.267. The minimum atomic E-state index is -3.69. The Balaban J connectivity index is 2.27. The first-order valence-corrected chi connectivity index (χ1v) is 10.1. The zero-order chi connectivity index (χ0) is 17.9. The van der Waals surface area contributed by atoms with E-state index in [0.717, 1.165) is 11.1 Å². The van der Waals surface area contributed by atoms with Crippen LogP contribution in [-0.4, -0.2) is 8.42 Å². The van der Waals surface area contributed by atoms with Gasteiger partial charge in [0.2, 0.25) is 9.84 Å². The van der Waals surface area contributed by atoms with Crippen LogP contribution < -0.4 is 0 Å². The summed E-state index contributed by atoms with van der Waals surface area (Å²) in [5, 5.41) is 0. The van der Waals surface area contributed by atoms with Gasteiger partial charge in [0.05, 0.1) is 9.80 Å². The van der Waals surface area contributed by atoms with Crippen molar-refractivity contribution >= 4 is 35.2 Å². The summed E-state index contributed by atoms with van der Waals surface area (Å²) in [6, 6.07) is 25.5. The van der Waals surface area contributed by atoms with Crippen molar-refractivity contribution in [3.63, 3.8) is 0 Å². The number of hydrogen-bond donors (Lipinski definition) is 0. The number of sulfone groups is 1. The molecule has 126 valence electrons. The Hall–Kier alpha value is -2.17. The summed E-state index contributed by atoms with van der Waals surface area (Å²) in [4.78, 5) is 0.549. The second-order valence-corrected chi connectivity index (χ2v) is 8.37. The topological polar surface area (TPSA) is 34.1 Å². The van der Waals surface area contributed by atoms with Crippen molar-refractivity contribution in [2.45, 2.75) is 11.8 Å². The average Bonchev–Trinajstić information content (AvgIpc) is 2.63. The van der Waals surface area contributed by atoms with Crippen molar-refractivity contribution < 1.29 is 8.42 Å². The van der Waals surface area contributed by atoms with Gasteiger partial charge < -0.3 is 0 Å². The molecule has 0 N–H and O–H groups in total. The molecule has 0 bridgehead atoms. The predicted octanol–water partition coefficient (Wildman–Crippen LogP) is 5.69. The van der Waals surface area contributed by atoms with Crippen molar-refractivity contribution in [1.82, 2.24) is 0 Å². The third-order valence-corrected chi connectivity index (χ3v) is 6.85. The molecule has 0 aromatic heterocycles. The van der Waals surface area contributed by atoms with Crippen LogP contribution in [0.1, 0.15) is 16.7 Å². The molecular formula is C21H17BrO2S. The molecule has 0 amide bonds. The molecular weight excluding hydrogens is 396 g/mol. The van der Waals surface area contributed by atoms with Crippen LogP contribution in [0.2, 0.25) is 0 Å². The van der Waals surface area contributed by atoms with Crippen molar-refractivity contribution in [3.8, 4) is 0 Å². The zero-order valence-electron chi connectivity index (χ0n) is 13.7. The van der Waals surface area contributed by atoms with E-state index in [1.54, 1.807) is 12.1 Å². The Bertz CT molecular complexity index is 991. The van der Waals surface area contributed by atoms with Crippen LogP contribution in [0.3, 0.4) is 0 Å². The van der Waals surface area contributed by atoms with Gasteiger partial charge in [-0.05, 0) is 46.1 Å². The summed E-state index contributed by atoms with van der Waals surface area (Å²) in [6.07, 6.45) is 0. The zero-order valence-corrected chi connectivity index (χ0v) is 16.1. The molecule has 0 spiro atoms. The van der Waals surface area contributed by atoms with E-state index in [4.69, 9.17) is 0 Å². The first-order valence-electron chi connectivity index (χ1n) is 7.82. The number of rotatable bonds is 4. The fraction of sp³-hybridized carbons (Fsp3) is 0.0476. The molecule has 0 saturated heterocycles. The Morgan fingerprint density at radius 3 is 1.72 bits per heavy atom. The molecule has 4 heteroatoms. The minimum Gasteiger partial charge on any atom is -0.218 e. The van der Waals surface area contributed by atoms with Gasteiger partial charge in [-0.1, -0.05) is 78.4 Å². The van der Waals surface area contributed by atoms with E-state index in [1.807, 2.05) is 79.7 Å². The Morgan fingerprint density at radius 1 is 0.720 bits per heavy atom. The van der Waals surface area contributed by atoms with Crippen molar-refractivity contribution in [3.05, 3.63) is 102 Å². The third-order valence-electron chi connectivity index (χ3n) is 3.86. The lowest BCUT2D eigenvalue weighted by Gasteiger charge is -2.13. The number of hydrogen-bond acceptors (Lipinski definition) is 2. The lowest BCUT2D eigenvalue weighted by Crippen LogP contribution is -2.06. The first kappa shape index (κ1) is 17.6. The summed E-state index contributed by atoms with van der Waals surface area (Å²) in [6.45, 7) is 1.93. The molecule has 0 unspecified atom stereocenters. The predicted molar refractivity (Wildman–Crippen MR) is 107 cm³/mol. The quantitative estimate of drug-likeness (QED) is 0.515. The Labute approximate surface area is 156 Å². The first-order chi connectivity index (χ1) is 12.0. The van der Waals surface area contributed by atoms with Gasteiger partial charge >= 0.3 is 0 Å². The van der Waals surface area contributed by atoms with E-state index in [2.05, 4.69) is 15.9 Å². The van der Waals surface area contributed by atoms with Crippen LogP contribution >= 0.6 is 15.9 Å². The SMILES string of the molecule is Cc1ccc(S(=O)(=O)/C(=C(\Br)c2ccccc2)c2ccccc2)cc1. The van der Waals surface area contributed by atoms with E-state index in [9.17, 15) is 8.42 Å². The van der Waals surface area contributed by atoms with Gasteiger partial charge in [-0.25, -0.2) is 8.42 Å². The van der Waals surface area contributed by atoms with E-state index in [1.165, 1.54) is 0 Å². The highest BCUT2D eigenvalue weighted by molar-refractivity contribution is 9.15. The van der Waals surface area contributed by atoms with Gasteiger partial charge in [-0.15, -0.1) is 0 Å². The second kappa shape index (κ2) is 7.38. The molecule has 25 heavy (non-hydrogen) atoms. The molecule has 0 aliphatic carbocycles. The molecule has 3 aromatic rings. The summed E-state index contributed by atoms with van der Waals surface area (Å²) < 4.78 is 27.3. The van der Waals surface area contributed by atoms with Gasteiger partial charge in [0.15, 0.2) is 0 Å². The molecule has 0 aliphatic heterocycles. The van der Waals surface area contributed by atoms with Crippen molar-refractivity contribution in [2.75, 3.05) is 0 Å². The van der Waals surface area contributed by atoms with Crippen LogP contribution in [-0.2, 0) is 9.84 Å². The molecule has 0 aliphatic rings. The molecule has 0 saturated carbocycles. The van der Waals surface area contributed by atoms with E-state index >= 15 is 0 Å². The molecule has 3 aromatic carbocycles. The summed E-state index contributed by atoms with van der Waals surface area (Å²) in [5.74, 6) is 0. The fourth-order valence-electron chi connectivity index (χ4n) is 2.54. The molecule has 0 atom stereocenters. The normalized spacial score (nSPS) is 12.6. The van der Waals surface area contributed by atoms with Gasteiger partial charge in [0, 0.05) is 4.48 Å². The van der Waals surface area contributed by atoms with Crippen molar-refractivity contribution in [2.24, 2.45) is 0 Å². The monoisotopic (exact) mass is 412 g/mol. The van der Waals surface area contributed by atoms with E-state index in [-0.39, 0.29) is 9.80 Å². The number of benzene rings is 3. The molecule has 2 nitrogen and oxygen atoms in total. The smallest absolute Gasteiger partial charge is 0.208 e. The van der Waals surface area contributed by atoms with Crippen LogP contribution in [0.15, 0.2) is 89.8 Å². The summed E-state index contributed by atoms with van der Waals surface area (Å²) in [7, 11) is -3.69. The number of halogens is 1. The maximum Gasteiger partial charge on any atom is 0.208 e. The van der Waals surface area contributed by atoms with Gasteiger partial charge in [-0.3, -0.25) is 0 Å². The van der Waals surface area contributed by atoms with Gasteiger partial charge in [0.1, 0.15) is 0 Å². The molecule has 0 radical (unpaired) electrons. The van der Waals surface area contributed by atoms with Crippen LogP contribution in [0.25, 0.3) is 9.39 Å². The highest BCUT2D eigenvalue weighted by Gasteiger charge is 2.25. The van der Waals surface area contributed by atoms with Crippen LogP contribution in [0.4, 0.5) is 0 Å². The lowest BCUT2D eigenvalue weighted by molar-refractivity contribution is 0.606. The van der Waals surface area contributed by atoms with Crippen LogP contribution in [0.5, 0.6) is 0 Å². The highest BCUT2D eigenvalue weighted by Crippen LogP contribution is 2.38. The fourth-order valence-corrected chi connectivity index (χ4v) is 5.20. The maximum absolute atomic E-state index is 13.4. The van der Waals surface area contributed by atoms with E-state index < -0.39 is 9.84 Å². The summed E-state index contributed by atoms with van der Waals surface area (Å²) >= 11 is 3.54. The third kappa shape index (κ3) is 3.75. The highest BCUT2D eigenvalue weighted by atomic mass is 79.9.